The van der Waals surface area contributed by atoms with Crippen LogP contribution in [0.15, 0.2) is 51.7 Å². The quantitative estimate of drug-likeness (QED) is 0.550. The number of thioether (sulfide) groups is 1. The van der Waals surface area contributed by atoms with Gasteiger partial charge in [-0.25, -0.2) is 4.98 Å². The van der Waals surface area contributed by atoms with Gasteiger partial charge in [-0.15, -0.1) is 11.3 Å². The lowest BCUT2D eigenvalue weighted by Gasteiger charge is -2.18. The highest BCUT2D eigenvalue weighted by molar-refractivity contribution is 8.00. The predicted molar refractivity (Wildman–Crippen MR) is 103 cm³/mol. The zero-order chi connectivity index (χ0) is 18.0. The van der Waals surface area contributed by atoms with Crippen molar-refractivity contribution in [2.75, 3.05) is 0 Å². The van der Waals surface area contributed by atoms with Crippen molar-refractivity contribution < 1.29 is 4.79 Å². The Morgan fingerprint density at radius 1 is 1.24 bits per heavy atom. The van der Waals surface area contributed by atoms with E-state index in [-0.39, 0.29) is 22.8 Å². The van der Waals surface area contributed by atoms with Gasteiger partial charge < -0.3 is 5.32 Å². The Hall–Kier alpha value is -2.12. The lowest BCUT2D eigenvalue weighted by atomic mass is 10.1. The first-order valence-corrected chi connectivity index (χ1v) is 9.69. The molecule has 0 aliphatic carbocycles. The molecule has 1 aromatic carbocycles. The molecule has 2 aromatic heterocycles. The maximum atomic E-state index is 12.5. The van der Waals surface area contributed by atoms with Gasteiger partial charge in [-0.05, 0) is 30.9 Å². The number of benzene rings is 1. The minimum absolute atomic E-state index is 0.0756. The van der Waals surface area contributed by atoms with Gasteiger partial charge in [0.2, 0.25) is 5.91 Å². The number of hydrogen-bond acceptors (Lipinski definition) is 5. The van der Waals surface area contributed by atoms with E-state index in [2.05, 4.69) is 10.3 Å². The van der Waals surface area contributed by atoms with Crippen LogP contribution < -0.4 is 10.9 Å². The van der Waals surface area contributed by atoms with Crippen molar-refractivity contribution in [3.8, 4) is 0 Å². The summed E-state index contributed by atoms with van der Waals surface area (Å²) in [5.41, 5.74) is 0.970. The molecule has 25 heavy (non-hydrogen) atoms. The fourth-order valence-corrected chi connectivity index (χ4v) is 4.14. The number of aromatic nitrogens is 2. The number of carbonyl (C=O) groups excluding carboxylic acids is 1. The fourth-order valence-electron chi connectivity index (χ4n) is 2.45. The normalized spacial score (nSPS) is 13.6. The van der Waals surface area contributed by atoms with E-state index < -0.39 is 0 Å². The van der Waals surface area contributed by atoms with Gasteiger partial charge in [0.05, 0.1) is 16.7 Å². The molecular formula is C18H19N3O2S2. The molecule has 2 unspecified atom stereocenters. The van der Waals surface area contributed by atoms with Gasteiger partial charge in [-0.1, -0.05) is 42.1 Å². The molecule has 0 aliphatic heterocycles. The predicted octanol–water partition coefficient (Wildman–Crippen LogP) is 3.35. The summed E-state index contributed by atoms with van der Waals surface area (Å²) in [4.78, 5) is 30.1. The summed E-state index contributed by atoms with van der Waals surface area (Å²) in [7, 11) is 1.69. The molecule has 5 nitrogen and oxygen atoms in total. The molecule has 1 N–H and O–H groups in total. The zero-order valence-corrected chi connectivity index (χ0v) is 15.9. The van der Waals surface area contributed by atoms with E-state index in [4.69, 9.17) is 0 Å². The summed E-state index contributed by atoms with van der Waals surface area (Å²) in [5, 5.41) is 5.67. The molecule has 2 atom stereocenters. The van der Waals surface area contributed by atoms with E-state index in [1.165, 1.54) is 27.7 Å². The minimum Gasteiger partial charge on any atom is -0.349 e. The average Bonchev–Trinajstić information content (AvgIpc) is 3.08. The highest BCUT2D eigenvalue weighted by Crippen LogP contribution is 2.24. The molecule has 0 radical (unpaired) electrons. The number of amides is 1. The highest BCUT2D eigenvalue weighted by atomic mass is 32.2. The van der Waals surface area contributed by atoms with Crippen LogP contribution >= 0.6 is 23.1 Å². The summed E-state index contributed by atoms with van der Waals surface area (Å²) in [6, 6.07) is 11.5. The van der Waals surface area contributed by atoms with E-state index >= 15 is 0 Å². The van der Waals surface area contributed by atoms with Crippen molar-refractivity contribution in [3.05, 3.63) is 57.7 Å². The monoisotopic (exact) mass is 373 g/mol. The number of nitrogens with one attached hydrogen (secondary N) is 1. The van der Waals surface area contributed by atoms with E-state index in [9.17, 15) is 9.59 Å². The van der Waals surface area contributed by atoms with Crippen LogP contribution in [0.2, 0.25) is 0 Å². The van der Waals surface area contributed by atoms with Crippen LogP contribution in [0.25, 0.3) is 10.2 Å². The van der Waals surface area contributed by atoms with Crippen LogP contribution in [0.1, 0.15) is 25.5 Å². The average molecular weight is 374 g/mol. The van der Waals surface area contributed by atoms with Crippen LogP contribution in [-0.2, 0) is 11.8 Å². The Labute approximate surface area is 154 Å². The molecule has 0 spiro atoms. The summed E-state index contributed by atoms with van der Waals surface area (Å²) in [6.45, 7) is 3.78. The molecular weight excluding hydrogens is 354 g/mol. The SMILES string of the molecule is CC(Sc1nc2sccc2c(=O)n1C)C(=O)NC(C)c1ccccc1. The molecule has 3 aromatic rings. The number of rotatable bonds is 5. The van der Waals surface area contributed by atoms with Crippen molar-refractivity contribution in [2.24, 2.45) is 7.05 Å². The molecule has 0 fully saturated rings. The van der Waals surface area contributed by atoms with Crippen molar-refractivity contribution in [1.82, 2.24) is 14.9 Å². The molecule has 0 saturated heterocycles. The molecule has 0 aliphatic rings. The van der Waals surface area contributed by atoms with Gasteiger partial charge in [-0.2, -0.15) is 0 Å². The first-order valence-electron chi connectivity index (χ1n) is 7.93. The van der Waals surface area contributed by atoms with Gasteiger partial charge in [0.1, 0.15) is 4.83 Å². The molecule has 2 heterocycles. The Kier molecular flexibility index (Phi) is 5.24. The smallest absolute Gasteiger partial charge is 0.262 e. The summed E-state index contributed by atoms with van der Waals surface area (Å²) < 4.78 is 1.50. The van der Waals surface area contributed by atoms with Crippen LogP contribution in [0, 0.1) is 0 Å². The van der Waals surface area contributed by atoms with Gasteiger partial charge in [0.15, 0.2) is 5.16 Å². The van der Waals surface area contributed by atoms with Crippen LogP contribution in [0.5, 0.6) is 0 Å². The van der Waals surface area contributed by atoms with Gasteiger partial charge in [0, 0.05) is 7.05 Å². The largest absolute Gasteiger partial charge is 0.349 e. The molecule has 3 rings (SSSR count). The van der Waals surface area contributed by atoms with Crippen molar-refractivity contribution in [2.45, 2.75) is 30.3 Å². The second-order valence-corrected chi connectivity index (χ2v) is 8.00. The number of nitrogens with zero attached hydrogens (tertiary/aromatic N) is 2. The number of fused-ring (bicyclic) bond motifs is 1. The first kappa shape index (κ1) is 17.7. The lowest BCUT2D eigenvalue weighted by molar-refractivity contribution is -0.120. The number of carbonyl (C=O) groups is 1. The second kappa shape index (κ2) is 7.41. The maximum absolute atomic E-state index is 12.5. The third-order valence-electron chi connectivity index (χ3n) is 3.97. The minimum atomic E-state index is -0.360. The van der Waals surface area contributed by atoms with E-state index in [0.29, 0.717) is 15.4 Å². The standard InChI is InChI=1S/C18H19N3O2S2/c1-11(13-7-5-4-6-8-13)19-15(22)12(2)25-18-20-16-14(9-10-24-16)17(23)21(18)3/h4-12H,1-3H3,(H,19,22). The number of thiophene rings is 1. The molecule has 7 heteroatoms. The summed E-state index contributed by atoms with van der Waals surface area (Å²) >= 11 is 2.72. The summed E-state index contributed by atoms with van der Waals surface area (Å²) in [6.07, 6.45) is 0. The lowest BCUT2D eigenvalue weighted by Crippen LogP contribution is -2.33. The van der Waals surface area contributed by atoms with E-state index in [1.807, 2.05) is 49.6 Å². The van der Waals surface area contributed by atoms with Crippen molar-refractivity contribution in [1.29, 1.82) is 0 Å². The highest BCUT2D eigenvalue weighted by Gasteiger charge is 2.20. The number of hydrogen-bond donors (Lipinski definition) is 1. The molecule has 130 valence electrons. The van der Waals surface area contributed by atoms with Crippen molar-refractivity contribution >= 4 is 39.2 Å². The second-order valence-electron chi connectivity index (χ2n) is 5.80. The fraction of sp³-hybridized carbons (Fsp3) is 0.278. The van der Waals surface area contributed by atoms with Crippen LogP contribution in [0.4, 0.5) is 0 Å². The maximum Gasteiger partial charge on any atom is 0.262 e. The topological polar surface area (TPSA) is 64.0 Å². The summed E-state index contributed by atoms with van der Waals surface area (Å²) in [5.74, 6) is -0.0816. The molecule has 1 amide bonds. The van der Waals surface area contributed by atoms with Crippen LogP contribution in [-0.4, -0.2) is 20.7 Å². The van der Waals surface area contributed by atoms with Gasteiger partial charge >= 0.3 is 0 Å². The van der Waals surface area contributed by atoms with Gasteiger partial charge in [-0.3, -0.25) is 14.2 Å². The Balaban J connectivity index is 1.73. The van der Waals surface area contributed by atoms with E-state index in [0.717, 1.165) is 5.56 Å². The third kappa shape index (κ3) is 3.77. The van der Waals surface area contributed by atoms with Crippen LogP contribution in [0.3, 0.4) is 0 Å². The molecule has 0 bridgehead atoms. The third-order valence-corrected chi connectivity index (χ3v) is 5.92. The zero-order valence-electron chi connectivity index (χ0n) is 14.2. The van der Waals surface area contributed by atoms with E-state index in [1.54, 1.807) is 13.1 Å². The first-order chi connectivity index (χ1) is 12.0. The Morgan fingerprint density at radius 3 is 2.68 bits per heavy atom. The Morgan fingerprint density at radius 2 is 1.96 bits per heavy atom. The van der Waals surface area contributed by atoms with Crippen molar-refractivity contribution in [3.63, 3.8) is 0 Å². The Bertz CT molecular complexity index is 950. The van der Waals surface area contributed by atoms with Gasteiger partial charge in [0.25, 0.3) is 5.56 Å². The molecule has 0 saturated carbocycles.